The van der Waals surface area contributed by atoms with E-state index in [1.165, 1.54) is 19.3 Å². The minimum absolute atomic E-state index is 0.439. The topological polar surface area (TPSA) is 0 Å². The van der Waals surface area contributed by atoms with Crippen molar-refractivity contribution in [2.45, 2.75) is 59.2 Å². The largest absolute Gasteiger partial charge is 0.109 e. The van der Waals surface area contributed by atoms with Gasteiger partial charge < -0.3 is 0 Å². The molecule has 0 spiro atoms. The molecule has 0 fully saturated rings. The van der Waals surface area contributed by atoms with Gasteiger partial charge in [-0.3, -0.25) is 0 Å². The molecule has 0 saturated heterocycles. The van der Waals surface area contributed by atoms with E-state index in [0.717, 1.165) is 11.8 Å². The predicted octanol–water partition coefficient (Wildman–Crippen LogP) is 3.84. The first-order valence-corrected chi connectivity index (χ1v) is 6.39. The summed E-state index contributed by atoms with van der Waals surface area (Å²) in [5, 5.41) is 0.439. The summed E-state index contributed by atoms with van der Waals surface area (Å²) in [6.45, 7) is 11.9. The summed E-state index contributed by atoms with van der Waals surface area (Å²) in [4.78, 5) is 0. The van der Waals surface area contributed by atoms with Gasteiger partial charge >= 0.3 is 0 Å². The molecule has 0 aromatic heterocycles. The Bertz CT molecular complexity index is 232. The van der Waals surface area contributed by atoms with Crippen LogP contribution in [0.1, 0.15) is 53.9 Å². The van der Waals surface area contributed by atoms with E-state index in [0.29, 0.717) is 10.7 Å². The van der Waals surface area contributed by atoms with E-state index >= 15 is 0 Å². The second-order valence-electron chi connectivity index (χ2n) is 7.23. The minimum atomic E-state index is 0.439. The van der Waals surface area contributed by atoms with Crippen molar-refractivity contribution >= 4 is 7.85 Å². The molecule has 1 heteroatoms. The van der Waals surface area contributed by atoms with Crippen LogP contribution in [0.4, 0.5) is 0 Å². The van der Waals surface area contributed by atoms with Gasteiger partial charge in [-0.1, -0.05) is 52.1 Å². The molecule has 0 radical (unpaired) electrons. The molecule has 0 saturated carbocycles. The minimum Gasteiger partial charge on any atom is -0.0882 e. The first-order chi connectivity index (χ1) is 6.72. The summed E-state index contributed by atoms with van der Waals surface area (Å²) in [6, 6.07) is 0. The zero-order chi connectivity index (χ0) is 11.7. The van der Waals surface area contributed by atoms with Gasteiger partial charge in [0.25, 0.3) is 0 Å². The van der Waals surface area contributed by atoms with Crippen molar-refractivity contribution in [3.05, 3.63) is 12.2 Å². The van der Waals surface area contributed by atoms with E-state index in [9.17, 15) is 0 Å². The lowest BCUT2D eigenvalue weighted by atomic mass is 9.52. The highest BCUT2D eigenvalue weighted by molar-refractivity contribution is 6.15. The first kappa shape index (κ1) is 12.9. The van der Waals surface area contributed by atoms with E-state index in [-0.39, 0.29) is 0 Å². The molecule has 3 unspecified atom stereocenters. The molecule has 86 valence electrons. The van der Waals surface area contributed by atoms with Crippen LogP contribution in [-0.2, 0) is 0 Å². The highest BCUT2D eigenvalue weighted by Crippen LogP contribution is 2.48. The molecular weight excluding hydrogens is 179 g/mol. The molecular formula is C14H27B. The van der Waals surface area contributed by atoms with E-state index in [2.05, 4.69) is 54.6 Å². The molecule has 0 bridgehead atoms. The maximum atomic E-state index is 2.47. The molecule has 0 heterocycles. The normalized spacial score (nSPS) is 31.3. The second-order valence-corrected chi connectivity index (χ2v) is 7.23. The molecule has 15 heavy (non-hydrogen) atoms. The van der Waals surface area contributed by atoms with Crippen molar-refractivity contribution in [1.82, 2.24) is 0 Å². The molecule has 0 aromatic rings. The maximum absolute atomic E-state index is 2.47. The number of rotatable bonds is 2. The van der Waals surface area contributed by atoms with Gasteiger partial charge in [0, 0.05) is 0 Å². The molecule has 0 N–H and O–H groups in total. The van der Waals surface area contributed by atoms with Crippen LogP contribution in [0.5, 0.6) is 0 Å². The zero-order valence-corrected chi connectivity index (χ0v) is 11.4. The second kappa shape index (κ2) is 4.35. The average molecular weight is 206 g/mol. The lowest BCUT2D eigenvalue weighted by Crippen LogP contribution is -2.30. The summed E-state index contributed by atoms with van der Waals surface area (Å²) in [7, 11) is 2.44. The molecule has 1 rings (SSSR count). The van der Waals surface area contributed by atoms with Gasteiger partial charge in [0.2, 0.25) is 0 Å². The Morgan fingerprint density at radius 1 is 1.27 bits per heavy atom. The summed E-state index contributed by atoms with van der Waals surface area (Å²) in [6.07, 6.45) is 8.81. The van der Waals surface area contributed by atoms with Crippen LogP contribution >= 0.6 is 0 Å². The molecule has 0 aromatic carbocycles. The third kappa shape index (κ3) is 3.70. The Balaban J connectivity index is 2.75. The smallest absolute Gasteiger partial charge is 0.0882 e. The highest BCUT2D eigenvalue weighted by atomic mass is 14.4. The average Bonchev–Trinajstić information content (AvgIpc) is 1.99. The Labute approximate surface area is 96.9 Å². The fourth-order valence-electron chi connectivity index (χ4n) is 3.49. The molecule has 3 atom stereocenters. The standard InChI is InChI=1S/C14H27B/c1-11-8-6-7-9-12(11)14(5,15)10-13(2,3)4/h7,9,11-12H,6,8,10,15H2,1-5H3. The van der Waals surface area contributed by atoms with Gasteiger partial charge in [-0.25, -0.2) is 0 Å². The summed E-state index contributed by atoms with van der Waals surface area (Å²) < 4.78 is 0. The Hall–Kier alpha value is -0.195. The van der Waals surface area contributed by atoms with Crippen LogP contribution < -0.4 is 0 Å². The van der Waals surface area contributed by atoms with E-state index in [1.54, 1.807) is 0 Å². The van der Waals surface area contributed by atoms with Crippen molar-refractivity contribution < 1.29 is 0 Å². The highest BCUT2D eigenvalue weighted by Gasteiger charge is 2.35. The quantitative estimate of drug-likeness (QED) is 0.475. The fourth-order valence-corrected chi connectivity index (χ4v) is 3.49. The Morgan fingerprint density at radius 3 is 2.33 bits per heavy atom. The predicted molar refractivity (Wildman–Crippen MR) is 72.0 cm³/mol. The summed E-state index contributed by atoms with van der Waals surface area (Å²) in [5.41, 5.74) is 0.439. The van der Waals surface area contributed by atoms with Crippen molar-refractivity contribution in [3.8, 4) is 0 Å². The van der Waals surface area contributed by atoms with Crippen molar-refractivity contribution in [2.75, 3.05) is 0 Å². The van der Waals surface area contributed by atoms with Crippen molar-refractivity contribution in [1.29, 1.82) is 0 Å². The van der Waals surface area contributed by atoms with Gasteiger partial charge in [0.1, 0.15) is 7.85 Å². The molecule has 0 nitrogen and oxygen atoms in total. The van der Waals surface area contributed by atoms with Crippen LogP contribution in [0.3, 0.4) is 0 Å². The van der Waals surface area contributed by atoms with Crippen LogP contribution in [-0.4, -0.2) is 7.85 Å². The third-order valence-corrected chi connectivity index (χ3v) is 3.63. The number of allylic oxidation sites excluding steroid dienone is 2. The van der Waals surface area contributed by atoms with E-state index in [4.69, 9.17) is 0 Å². The van der Waals surface area contributed by atoms with Crippen LogP contribution in [0.15, 0.2) is 12.2 Å². The molecule has 1 aliphatic rings. The number of hydrogen-bond donors (Lipinski definition) is 0. The van der Waals surface area contributed by atoms with Gasteiger partial charge in [0.15, 0.2) is 0 Å². The SMILES string of the molecule is BC(C)(CC(C)(C)C)C1C=CCCC1C. The van der Waals surface area contributed by atoms with Crippen molar-refractivity contribution in [2.24, 2.45) is 17.3 Å². The monoisotopic (exact) mass is 206 g/mol. The lowest BCUT2D eigenvalue weighted by molar-refractivity contribution is 0.227. The van der Waals surface area contributed by atoms with Gasteiger partial charge in [-0.15, -0.1) is 0 Å². The van der Waals surface area contributed by atoms with Crippen LogP contribution in [0, 0.1) is 17.3 Å². The Kier molecular flexibility index (Phi) is 3.74. The molecule has 1 aliphatic carbocycles. The van der Waals surface area contributed by atoms with Crippen molar-refractivity contribution in [3.63, 3.8) is 0 Å². The van der Waals surface area contributed by atoms with Gasteiger partial charge in [0.05, 0.1) is 0 Å². The van der Waals surface area contributed by atoms with Crippen LogP contribution in [0.2, 0.25) is 5.31 Å². The maximum Gasteiger partial charge on any atom is 0.109 e. The Morgan fingerprint density at radius 2 is 1.87 bits per heavy atom. The molecule has 0 aliphatic heterocycles. The van der Waals surface area contributed by atoms with E-state index < -0.39 is 0 Å². The van der Waals surface area contributed by atoms with Gasteiger partial charge in [-0.2, -0.15) is 0 Å². The summed E-state index contributed by atoms with van der Waals surface area (Å²) in [5.74, 6) is 1.62. The lowest BCUT2D eigenvalue weighted by Gasteiger charge is -2.42. The number of hydrogen-bond acceptors (Lipinski definition) is 0. The first-order valence-electron chi connectivity index (χ1n) is 6.39. The molecule has 0 amide bonds. The summed E-state index contributed by atoms with van der Waals surface area (Å²) >= 11 is 0. The van der Waals surface area contributed by atoms with Gasteiger partial charge in [-0.05, 0) is 36.5 Å². The fraction of sp³-hybridized carbons (Fsp3) is 0.857. The third-order valence-electron chi connectivity index (χ3n) is 3.63. The van der Waals surface area contributed by atoms with Crippen LogP contribution in [0.25, 0.3) is 0 Å². The van der Waals surface area contributed by atoms with E-state index in [1.807, 2.05) is 0 Å². The zero-order valence-electron chi connectivity index (χ0n) is 11.4.